The summed E-state index contributed by atoms with van der Waals surface area (Å²) in [7, 11) is 0. The second-order valence-corrected chi connectivity index (χ2v) is 4.57. The van der Waals surface area contributed by atoms with Crippen molar-refractivity contribution in [2.75, 3.05) is 25.6 Å². The highest BCUT2D eigenvalue weighted by Crippen LogP contribution is 2.22. The van der Waals surface area contributed by atoms with Gasteiger partial charge in [0.05, 0.1) is 13.2 Å². The number of amides is 1. The summed E-state index contributed by atoms with van der Waals surface area (Å²) in [6.07, 6.45) is 0.163. The number of nitrogens with zero attached hydrogens (tertiary/aromatic N) is 1. The number of morpholine rings is 1. The molecule has 0 N–H and O–H groups in total. The number of benzene rings is 1. The average Bonchev–Trinajstić information content (AvgIpc) is 2.40. The van der Waals surface area contributed by atoms with Crippen LogP contribution in [-0.2, 0) is 9.53 Å². The molecule has 1 saturated heterocycles. The summed E-state index contributed by atoms with van der Waals surface area (Å²) in [6, 6.07) is 6.18. The van der Waals surface area contributed by atoms with E-state index in [-0.39, 0.29) is 17.8 Å². The number of hydrogen-bond acceptors (Lipinski definition) is 2. The first-order valence-electron chi connectivity index (χ1n) is 5.91. The quantitative estimate of drug-likeness (QED) is 0.790. The van der Waals surface area contributed by atoms with Gasteiger partial charge in [0.1, 0.15) is 11.9 Å². The minimum atomic E-state index is -0.273. The molecule has 0 bridgehead atoms. The van der Waals surface area contributed by atoms with Gasteiger partial charge < -0.3 is 9.64 Å². The van der Waals surface area contributed by atoms with Crippen molar-refractivity contribution in [3.8, 4) is 0 Å². The molecule has 0 aromatic heterocycles. The Kier molecular flexibility index (Phi) is 4.55. The molecule has 3 nitrogen and oxygen atoms in total. The van der Waals surface area contributed by atoms with Crippen molar-refractivity contribution in [3.63, 3.8) is 0 Å². The number of carbonyl (C=O) groups is 1. The first kappa shape index (κ1) is 13.3. The van der Waals surface area contributed by atoms with Crippen molar-refractivity contribution < 1.29 is 13.9 Å². The fourth-order valence-corrected chi connectivity index (χ4v) is 2.16. The van der Waals surface area contributed by atoms with Crippen LogP contribution in [0.1, 0.15) is 18.1 Å². The Labute approximate surface area is 110 Å². The highest BCUT2D eigenvalue weighted by molar-refractivity contribution is 6.18. The summed E-state index contributed by atoms with van der Waals surface area (Å²) in [5.74, 6) is 0.0993. The predicted molar refractivity (Wildman–Crippen MR) is 67.0 cm³/mol. The highest BCUT2D eigenvalue weighted by atomic mass is 35.5. The zero-order chi connectivity index (χ0) is 13.0. The van der Waals surface area contributed by atoms with Crippen molar-refractivity contribution in [1.82, 2.24) is 4.90 Å². The van der Waals surface area contributed by atoms with Gasteiger partial charge in [-0.2, -0.15) is 0 Å². The summed E-state index contributed by atoms with van der Waals surface area (Å²) in [6.45, 7) is 1.59. The van der Waals surface area contributed by atoms with Crippen LogP contribution in [0.15, 0.2) is 24.3 Å². The summed E-state index contributed by atoms with van der Waals surface area (Å²) >= 11 is 5.57. The Morgan fingerprint density at radius 1 is 1.44 bits per heavy atom. The second kappa shape index (κ2) is 6.16. The number of carbonyl (C=O) groups excluding carboxylic acids is 1. The molecular formula is C13H15ClFNO2. The van der Waals surface area contributed by atoms with Crippen molar-refractivity contribution in [2.45, 2.75) is 12.5 Å². The fourth-order valence-electron chi connectivity index (χ4n) is 1.99. The largest absolute Gasteiger partial charge is 0.370 e. The van der Waals surface area contributed by atoms with Gasteiger partial charge in [-0.05, 0) is 17.7 Å². The van der Waals surface area contributed by atoms with Crippen LogP contribution in [0.2, 0.25) is 0 Å². The van der Waals surface area contributed by atoms with Gasteiger partial charge in [-0.25, -0.2) is 4.39 Å². The summed E-state index contributed by atoms with van der Waals surface area (Å²) in [4.78, 5) is 13.5. The Morgan fingerprint density at radius 2 is 2.17 bits per heavy atom. The van der Waals surface area contributed by atoms with Crippen LogP contribution in [0.25, 0.3) is 0 Å². The molecule has 18 heavy (non-hydrogen) atoms. The summed E-state index contributed by atoms with van der Waals surface area (Å²) < 4.78 is 18.5. The van der Waals surface area contributed by atoms with Gasteiger partial charge in [0, 0.05) is 18.8 Å². The maximum atomic E-state index is 12.8. The minimum absolute atomic E-state index is 0.0420. The lowest BCUT2D eigenvalue weighted by atomic mass is 10.1. The van der Waals surface area contributed by atoms with E-state index in [1.807, 2.05) is 0 Å². The van der Waals surface area contributed by atoms with Crippen molar-refractivity contribution in [2.24, 2.45) is 0 Å². The zero-order valence-electron chi connectivity index (χ0n) is 9.94. The molecule has 1 aromatic carbocycles. The van der Waals surface area contributed by atoms with E-state index >= 15 is 0 Å². The van der Waals surface area contributed by atoms with Crippen LogP contribution in [0.5, 0.6) is 0 Å². The third kappa shape index (κ3) is 3.21. The molecule has 0 radical (unpaired) electrons. The first-order chi connectivity index (χ1) is 8.70. The molecule has 0 saturated carbocycles. The smallest absolute Gasteiger partial charge is 0.223 e. The number of rotatable bonds is 3. The number of halogens is 2. The lowest BCUT2D eigenvalue weighted by molar-refractivity contribution is -0.138. The zero-order valence-corrected chi connectivity index (χ0v) is 10.7. The maximum Gasteiger partial charge on any atom is 0.223 e. The van der Waals surface area contributed by atoms with Gasteiger partial charge in [-0.15, -0.1) is 11.6 Å². The van der Waals surface area contributed by atoms with Gasteiger partial charge in [0.25, 0.3) is 0 Å². The molecule has 1 aliphatic rings. The summed E-state index contributed by atoms with van der Waals surface area (Å²) in [5.41, 5.74) is 0.889. The van der Waals surface area contributed by atoms with E-state index in [1.165, 1.54) is 12.1 Å². The molecule has 5 heteroatoms. The van der Waals surface area contributed by atoms with E-state index < -0.39 is 0 Å². The maximum absolute atomic E-state index is 12.8. The van der Waals surface area contributed by atoms with E-state index in [0.717, 1.165) is 5.56 Å². The van der Waals surface area contributed by atoms with Crippen LogP contribution < -0.4 is 0 Å². The van der Waals surface area contributed by atoms with Crippen LogP contribution >= 0.6 is 11.6 Å². The third-order valence-corrected chi connectivity index (χ3v) is 3.16. The molecule has 1 aromatic rings. The van der Waals surface area contributed by atoms with E-state index in [0.29, 0.717) is 32.0 Å². The molecule has 1 heterocycles. The molecule has 98 valence electrons. The number of hydrogen-bond donors (Lipinski definition) is 0. The normalized spacial score (nSPS) is 19.9. The van der Waals surface area contributed by atoms with Crippen LogP contribution in [0, 0.1) is 5.82 Å². The Hall–Kier alpha value is -1.13. The van der Waals surface area contributed by atoms with Gasteiger partial charge in [-0.1, -0.05) is 12.1 Å². The molecule has 0 aliphatic carbocycles. The van der Waals surface area contributed by atoms with Gasteiger partial charge in [-0.3, -0.25) is 4.79 Å². The highest BCUT2D eigenvalue weighted by Gasteiger charge is 2.24. The summed E-state index contributed by atoms with van der Waals surface area (Å²) in [5, 5.41) is 0. The van der Waals surface area contributed by atoms with Crippen LogP contribution in [0.3, 0.4) is 0 Å². The molecule has 1 aliphatic heterocycles. The van der Waals surface area contributed by atoms with Gasteiger partial charge in [0.2, 0.25) is 5.91 Å². The Morgan fingerprint density at radius 3 is 2.83 bits per heavy atom. The Bertz CT molecular complexity index is 410. The molecule has 1 amide bonds. The van der Waals surface area contributed by atoms with Crippen molar-refractivity contribution in [1.29, 1.82) is 0 Å². The minimum Gasteiger partial charge on any atom is -0.370 e. The number of ether oxygens (including phenoxy) is 1. The predicted octanol–water partition coefficient (Wildman–Crippen LogP) is 2.35. The molecule has 1 unspecified atom stereocenters. The van der Waals surface area contributed by atoms with E-state index in [2.05, 4.69) is 0 Å². The first-order valence-corrected chi connectivity index (χ1v) is 6.45. The average molecular weight is 272 g/mol. The van der Waals surface area contributed by atoms with Crippen molar-refractivity contribution >= 4 is 17.5 Å². The van der Waals surface area contributed by atoms with Crippen molar-refractivity contribution in [3.05, 3.63) is 35.6 Å². The molecule has 1 atom stereocenters. The monoisotopic (exact) mass is 271 g/mol. The number of alkyl halides is 1. The lowest BCUT2D eigenvalue weighted by Crippen LogP contribution is -2.42. The second-order valence-electron chi connectivity index (χ2n) is 4.19. The molecular weight excluding hydrogens is 257 g/mol. The van der Waals surface area contributed by atoms with E-state index in [9.17, 15) is 9.18 Å². The van der Waals surface area contributed by atoms with E-state index in [4.69, 9.17) is 16.3 Å². The standard InChI is InChI=1S/C13H15ClFNO2/c14-6-5-13(17)16-7-8-18-12(9-16)10-1-3-11(15)4-2-10/h1-4,12H,5-9H2. The SMILES string of the molecule is O=C(CCCl)N1CCOC(c2ccc(F)cc2)C1. The molecule has 0 spiro atoms. The van der Waals surface area contributed by atoms with Crippen LogP contribution in [0.4, 0.5) is 4.39 Å². The van der Waals surface area contributed by atoms with E-state index in [1.54, 1.807) is 17.0 Å². The molecule has 1 fully saturated rings. The Balaban J connectivity index is 2.02. The van der Waals surface area contributed by atoms with Gasteiger partial charge >= 0.3 is 0 Å². The van der Waals surface area contributed by atoms with Gasteiger partial charge in [0.15, 0.2) is 0 Å². The molecule has 2 rings (SSSR count). The third-order valence-electron chi connectivity index (χ3n) is 2.97. The van der Waals surface area contributed by atoms with Crippen LogP contribution in [-0.4, -0.2) is 36.4 Å². The topological polar surface area (TPSA) is 29.5 Å². The fraction of sp³-hybridized carbons (Fsp3) is 0.462. The lowest BCUT2D eigenvalue weighted by Gasteiger charge is -2.33.